The van der Waals surface area contributed by atoms with Gasteiger partial charge in [0.05, 0.1) is 5.69 Å². The molecule has 1 aromatic heterocycles. The molecular formula is C16H25N3O2. The molecule has 2 rings (SSSR count). The summed E-state index contributed by atoms with van der Waals surface area (Å²) in [6, 6.07) is 6.20. The van der Waals surface area contributed by atoms with Gasteiger partial charge in [-0.2, -0.15) is 0 Å². The van der Waals surface area contributed by atoms with Gasteiger partial charge >= 0.3 is 6.09 Å². The van der Waals surface area contributed by atoms with Crippen molar-refractivity contribution in [3.63, 3.8) is 0 Å². The molecule has 0 spiro atoms. The summed E-state index contributed by atoms with van der Waals surface area (Å²) in [5, 5.41) is 2.96. The molecule has 1 N–H and O–H groups in total. The quantitative estimate of drug-likeness (QED) is 0.930. The van der Waals surface area contributed by atoms with Gasteiger partial charge in [-0.1, -0.05) is 6.07 Å². The fourth-order valence-corrected chi connectivity index (χ4v) is 2.43. The SMILES string of the molecule is CC(C)(C)OC(=O)NC1CCN(Cc2ccccn2)CC1. The first-order valence-electron chi connectivity index (χ1n) is 7.54. The Morgan fingerprint density at radius 2 is 2.10 bits per heavy atom. The molecule has 1 aromatic rings. The number of aromatic nitrogens is 1. The molecule has 0 saturated carbocycles. The van der Waals surface area contributed by atoms with E-state index in [4.69, 9.17) is 4.74 Å². The van der Waals surface area contributed by atoms with Gasteiger partial charge in [0, 0.05) is 31.9 Å². The van der Waals surface area contributed by atoms with E-state index < -0.39 is 5.60 Å². The van der Waals surface area contributed by atoms with Crippen molar-refractivity contribution in [3.8, 4) is 0 Å². The molecule has 5 heteroatoms. The molecule has 0 bridgehead atoms. The molecule has 0 aromatic carbocycles. The molecule has 0 aliphatic carbocycles. The Morgan fingerprint density at radius 1 is 1.38 bits per heavy atom. The fraction of sp³-hybridized carbons (Fsp3) is 0.625. The van der Waals surface area contributed by atoms with Gasteiger partial charge in [0.1, 0.15) is 5.60 Å². The predicted octanol–water partition coefficient (Wildman–Crippen LogP) is 2.57. The fourth-order valence-electron chi connectivity index (χ4n) is 2.43. The molecule has 1 saturated heterocycles. The Bertz CT molecular complexity index is 448. The minimum absolute atomic E-state index is 0.208. The highest BCUT2D eigenvalue weighted by Gasteiger charge is 2.23. The molecule has 1 aliphatic heterocycles. The number of hydrogen-bond donors (Lipinski definition) is 1. The van der Waals surface area contributed by atoms with Gasteiger partial charge in [-0.15, -0.1) is 0 Å². The van der Waals surface area contributed by atoms with Crippen LogP contribution in [0.25, 0.3) is 0 Å². The Morgan fingerprint density at radius 3 is 2.67 bits per heavy atom. The molecular weight excluding hydrogens is 266 g/mol. The molecule has 116 valence electrons. The largest absolute Gasteiger partial charge is 0.444 e. The third-order valence-electron chi connectivity index (χ3n) is 3.42. The van der Waals surface area contributed by atoms with Gasteiger partial charge in [-0.25, -0.2) is 4.79 Å². The average Bonchev–Trinajstić information content (AvgIpc) is 2.40. The van der Waals surface area contributed by atoms with Gasteiger partial charge < -0.3 is 10.1 Å². The number of nitrogens with one attached hydrogen (secondary N) is 1. The summed E-state index contributed by atoms with van der Waals surface area (Å²) in [7, 11) is 0. The lowest BCUT2D eigenvalue weighted by Crippen LogP contribution is -2.45. The van der Waals surface area contributed by atoms with Gasteiger partial charge in [-0.3, -0.25) is 9.88 Å². The number of ether oxygens (including phenoxy) is 1. The molecule has 2 heterocycles. The van der Waals surface area contributed by atoms with Crippen LogP contribution in [0, 0.1) is 0 Å². The highest BCUT2D eigenvalue weighted by molar-refractivity contribution is 5.68. The first-order valence-corrected chi connectivity index (χ1v) is 7.54. The predicted molar refractivity (Wildman–Crippen MR) is 81.9 cm³/mol. The van der Waals surface area contributed by atoms with E-state index in [2.05, 4.69) is 15.2 Å². The van der Waals surface area contributed by atoms with E-state index in [1.807, 2.05) is 45.2 Å². The zero-order chi connectivity index (χ0) is 15.3. The maximum atomic E-state index is 11.7. The molecule has 0 unspecified atom stereocenters. The molecule has 1 fully saturated rings. The third-order valence-corrected chi connectivity index (χ3v) is 3.42. The van der Waals surface area contributed by atoms with E-state index in [-0.39, 0.29) is 12.1 Å². The Hall–Kier alpha value is -1.62. The molecule has 0 atom stereocenters. The van der Waals surface area contributed by atoms with Crippen molar-refractivity contribution in [1.29, 1.82) is 0 Å². The van der Waals surface area contributed by atoms with Crippen LogP contribution in [-0.4, -0.2) is 40.7 Å². The van der Waals surface area contributed by atoms with Gasteiger partial charge in [-0.05, 0) is 45.7 Å². The summed E-state index contributed by atoms with van der Waals surface area (Å²) in [5.74, 6) is 0. The van der Waals surface area contributed by atoms with Crippen LogP contribution in [0.1, 0.15) is 39.3 Å². The van der Waals surface area contributed by atoms with Crippen molar-refractivity contribution in [2.45, 2.75) is 51.8 Å². The van der Waals surface area contributed by atoms with E-state index >= 15 is 0 Å². The second-order valence-corrected chi connectivity index (χ2v) is 6.52. The van der Waals surface area contributed by atoms with E-state index in [9.17, 15) is 4.79 Å². The van der Waals surface area contributed by atoms with Crippen molar-refractivity contribution >= 4 is 6.09 Å². The zero-order valence-corrected chi connectivity index (χ0v) is 13.1. The summed E-state index contributed by atoms with van der Waals surface area (Å²) < 4.78 is 5.29. The highest BCUT2D eigenvalue weighted by Crippen LogP contribution is 2.14. The lowest BCUT2D eigenvalue weighted by molar-refractivity contribution is 0.0477. The molecule has 5 nitrogen and oxygen atoms in total. The maximum absolute atomic E-state index is 11.7. The van der Waals surface area contributed by atoms with Crippen LogP contribution >= 0.6 is 0 Å². The van der Waals surface area contributed by atoms with Crippen LogP contribution in [0.2, 0.25) is 0 Å². The number of likely N-dealkylation sites (tertiary alicyclic amines) is 1. The van der Waals surface area contributed by atoms with Crippen LogP contribution in [0.5, 0.6) is 0 Å². The van der Waals surface area contributed by atoms with Crippen molar-refractivity contribution in [3.05, 3.63) is 30.1 Å². The number of nitrogens with zero attached hydrogens (tertiary/aromatic N) is 2. The van der Waals surface area contributed by atoms with Gasteiger partial charge in [0.2, 0.25) is 0 Å². The number of rotatable bonds is 3. The number of alkyl carbamates (subject to hydrolysis) is 1. The van der Waals surface area contributed by atoms with Crippen LogP contribution < -0.4 is 5.32 Å². The third kappa shape index (κ3) is 5.71. The Labute approximate surface area is 126 Å². The van der Waals surface area contributed by atoms with Gasteiger partial charge in [0.25, 0.3) is 0 Å². The lowest BCUT2D eigenvalue weighted by Gasteiger charge is -2.32. The van der Waals surface area contributed by atoms with E-state index in [0.29, 0.717) is 0 Å². The average molecular weight is 291 g/mol. The number of carbonyl (C=O) groups excluding carboxylic acids is 1. The summed E-state index contributed by atoms with van der Waals surface area (Å²) >= 11 is 0. The van der Waals surface area contributed by atoms with E-state index in [1.54, 1.807) is 0 Å². The first-order chi connectivity index (χ1) is 9.92. The summed E-state index contributed by atoms with van der Waals surface area (Å²) in [6.45, 7) is 8.44. The smallest absolute Gasteiger partial charge is 0.407 e. The highest BCUT2D eigenvalue weighted by atomic mass is 16.6. The topological polar surface area (TPSA) is 54.5 Å². The Balaban J connectivity index is 1.72. The normalized spacial score (nSPS) is 17.5. The summed E-state index contributed by atoms with van der Waals surface area (Å²) in [6.07, 6.45) is 3.41. The number of piperidine rings is 1. The number of hydrogen-bond acceptors (Lipinski definition) is 4. The standard InChI is InChI=1S/C16H25N3O2/c1-16(2,3)21-15(20)18-13-7-10-19(11-8-13)12-14-6-4-5-9-17-14/h4-6,9,13H,7-8,10-12H2,1-3H3,(H,18,20). The molecule has 1 aliphatic rings. The van der Waals surface area contributed by atoms with Crippen LogP contribution in [-0.2, 0) is 11.3 Å². The molecule has 0 radical (unpaired) electrons. The Kier molecular flexibility index (Phi) is 5.17. The monoisotopic (exact) mass is 291 g/mol. The van der Waals surface area contributed by atoms with Crippen molar-refractivity contribution < 1.29 is 9.53 Å². The van der Waals surface area contributed by atoms with Crippen LogP contribution in [0.3, 0.4) is 0 Å². The van der Waals surface area contributed by atoms with Crippen LogP contribution in [0.4, 0.5) is 4.79 Å². The summed E-state index contributed by atoms with van der Waals surface area (Å²) in [5.41, 5.74) is 0.653. The minimum Gasteiger partial charge on any atom is -0.444 e. The lowest BCUT2D eigenvalue weighted by atomic mass is 10.1. The first kappa shape index (κ1) is 15.8. The molecule has 21 heavy (non-hydrogen) atoms. The van der Waals surface area contributed by atoms with E-state index in [0.717, 1.165) is 38.2 Å². The van der Waals surface area contributed by atoms with Crippen LogP contribution in [0.15, 0.2) is 24.4 Å². The summed E-state index contributed by atoms with van der Waals surface area (Å²) in [4.78, 5) is 18.5. The number of amides is 1. The van der Waals surface area contributed by atoms with Crippen molar-refractivity contribution in [2.24, 2.45) is 0 Å². The van der Waals surface area contributed by atoms with Gasteiger partial charge in [0.15, 0.2) is 0 Å². The van der Waals surface area contributed by atoms with E-state index in [1.165, 1.54) is 0 Å². The second kappa shape index (κ2) is 6.89. The van der Waals surface area contributed by atoms with Crippen molar-refractivity contribution in [1.82, 2.24) is 15.2 Å². The zero-order valence-electron chi connectivity index (χ0n) is 13.1. The molecule has 1 amide bonds. The maximum Gasteiger partial charge on any atom is 0.407 e. The minimum atomic E-state index is -0.441. The number of pyridine rings is 1. The number of carbonyl (C=O) groups is 1. The second-order valence-electron chi connectivity index (χ2n) is 6.52. The van der Waals surface area contributed by atoms with Crippen molar-refractivity contribution in [2.75, 3.05) is 13.1 Å².